The van der Waals surface area contributed by atoms with Gasteiger partial charge in [0.25, 0.3) is 0 Å². The highest BCUT2D eigenvalue weighted by molar-refractivity contribution is 6.48. The molecule has 0 heterocycles. The number of hydrogen-bond acceptors (Lipinski definition) is 2. The Hall–Kier alpha value is -0.980. The molecular formula is C9H3Cl3F3NO2. The Labute approximate surface area is 114 Å². The predicted molar refractivity (Wildman–Crippen MR) is 62.5 cm³/mol. The first-order chi connectivity index (χ1) is 8.12. The van der Waals surface area contributed by atoms with E-state index in [0.29, 0.717) is 0 Å². The summed E-state index contributed by atoms with van der Waals surface area (Å²) in [6.07, 6.45) is -5.07. The minimum Gasteiger partial charge on any atom is -0.259 e. The van der Waals surface area contributed by atoms with Crippen LogP contribution in [0.4, 0.5) is 13.2 Å². The van der Waals surface area contributed by atoms with E-state index in [4.69, 9.17) is 34.8 Å². The molecule has 0 bridgehead atoms. The normalized spacial score (nSPS) is 12.7. The highest BCUT2D eigenvalue weighted by Gasteiger charge is 2.38. The van der Waals surface area contributed by atoms with Crippen molar-refractivity contribution in [2.45, 2.75) is 6.18 Å². The van der Waals surface area contributed by atoms with Gasteiger partial charge in [-0.2, -0.15) is 13.2 Å². The van der Waals surface area contributed by atoms with Crippen LogP contribution >= 0.6 is 34.8 Å². The van der Waals surface area contributed by atoms with Crippen molar-refractivity contribution in [3.8, 4) is 0 Å². The highest BCUT2D eigenvalue weighted by atomic mass is 35.5. The Morgan fingerprint density at radius 1 is 1.22 bits per heavy atom. The minimum absolute atomic E-state index is 0.121. The van der Waals surface area contributed by atoms with Gasteiger partial charge in [0.15, 0.2) is 0 Å². The largest absolute Gasteiger partial charge is 0.422 e. The molecule has 0 N–H and O–H groups in total. The first kappa shape index (κ1) is 15.1. The summed E-state index contributed by atoms with van der Waals surface area (Å²) in [5.74, 6) is 0. The molecular weight excluding hydrogens is 317 g/mol. The molecule has 1 rings (SSSR count). The van der Waals surface area contributed by atoms with Gasteiger partial charge in [0.2, 0.25) is 6.20 Å². The number of rotatable bonds is 2. The first-order valence-corrected chi connectivity index (χ1v) is 5.33. The van der Waals surface area contributed by atoms with Crippen LogP contribution < -0.4 is 0 Å². The number of allylic oxidation sites excluding steroid dienone is 1. The van der Waals surface area contributed by atoms with Gasteiger partial charge in [0.1, 0.15) is 5.57 Å². The molecule has 0 aromatic heterocycles. The van der Waals surface area contributed by atoms with Gasteiger partial charge in [-0.1, -0.05) is 34.8 Å². The van der Waals surface area contributed by atoms with Crippen molar-refractivity contribution >= 4 is 40.4 Å². The average Bonchev–Trinajstić information content (AvgIpc) is 2.20. The summed E-state index contributed by atoms with van der Waals surface area (Å²) in [6.45, 7) is 0. The maximum absolute atomic E-state index is 12.6. The van der Waals surface area contributed by atoms with Gasteiger partial charge in [-0.15, -0.1) is 0 Å². The second-order valence-electron chi connectivity index (χ2n) is 3.08. The van der Waals surface area contributed by atoms with Crippen LogP contribution in [-0.2, 0) is 0 Å². The SMILES string of the molecule is O=[N+]([O-])/C=C(/c1cc(Cl)c(Cl)c(Cl)c1)C(F)(F)F. The molecule has 0 radical (unpaired) electrons. The highest BCUT2D eigenvalue weighted by Crippen LogP contribution is 2.39. The summed E-state index contributed by atoms with van der Waals surface area (Å²) in [5, 5.41) is 9.63. The van der Waals surface area contributed by atoms with Gasteiger partial charge in [0, 0.05) is 0 Å². The quantitative estimate of drug-likeness (QED) is 0.445. The molecule has 18 heavy (non-hydrogen) atoms. The number of nitrogens with zero attached hydrogens (tertiary/aromatic N) is 1. The zero-order valence-electron chi connectivity index (χ0n) is 8.26. The van der Waals surface area contributed by atoms with Crippen LogP contribution in [-0.4, -0.2) is 11.1 Å². The van der Waals surface area contributed by atoms with Crippen molar-refractivity contribution in [2.24, 2.45) is 0 Å². The summed E-state index contributed by atoms with van der Waals surface area (Å²) in [5.41, 5.74) is -1.99. The second-order valence-corrected chi connectivity index (χ2v) is 4.27. The number of nitro groups is 1. The van der Waals surface area contributed by atoms with Crippen LogP contribution in [0.25, 0.3) is 5.57 Å². The van der Waals surface area contributed by atoms with E-state index in [1.165, 1.54) is 0 Å². The number of alkyl halides is 3. The maximum atomic E-state index is 12.6. The summed E-state index contributed by atoms with van der Waals surface area (Å²) >= 11 is 16.7. The lowest BCUT2D eigenvalue weighted by atomic mass is 10.1. The number of benzene rings is 1. The molecule has 0 fully saturated rings. The van der Waals surface area contributed by atoms with E-state index < -0.39 is 22.2 Å². The molecule has 1 aromatic carbocycles. The van der Waals surface area contributed by atoms with Gasteiger partial charge in [0.05, 0.1) is 20.0 Å². The molecule has 0 saturated heterocycles. The van der Waals surface area contributed by atoms with Crippen LogP contribution in [0.3, 0.4) is 0 Å². The lowest BCUT2D eigenvalue weighted by Gasteiger charge is -2.11. The molecule has 0 spiro atoms. The van der Waals surface area contributed by atoms with Gasteiger partial charge in [-0.25, -0.2) is 0 Å². The second kappa shape index (κ2) is 5.34. The third kappa shape index (κ3) is 3.51. The Bertz CT molecular complexity index is 505. The summed E-state index contributed by atoms with van der Waals surface area (Å²) in [7, 11) is 0. The lowest BCUT2D eigenvalue weighted by molar-refractivity contribution is -0.402. The molecule has 0 aliphatic rings. The average molecular weight is 320 g/mol. The Kier molecular flexibility index (Phi) is 4.47. The van der Waals surface area contributed by atoms with Gasteiger partial charge >= 0.3 is 6.18 Å². The van der Waals surface area contributed by atoms with E-state index >= 15 is 0 Å². The fourth-order valence-electron chi connectivity index (χ4n) is 1.13. The Morgan fingerprint density at radius 2 is 1.67 bits per heavy atom. The van der Waals surface area contributed by atoms with E-state index in [1.54, 1.807) is 0 Å². The first-order valence-electron chi connectivity index (χ1n) is 4.20. The van der Waals surface area contributed by atoms with Crippen LogP contribution in [0.5, 0.6) is 0 Å². The molecule has 1 aromatic rings. The predicted octanol–water partition coefficient (Wildman–Crippen LogP) is 4.83. The topological polar surface area (TPSA) is 43.1 Å². The third-order valence-electron chi connectivity index (χ3n) is 1.83. The van der Waals surface area contributed by atoms with Crippen molar-refractivity contribution in [1.29, 1.82) is 0 Å². The van der Waals surface area contributed by atoms with E-state index in [0.717, 1.165) is 12.1 Å². The van der Waals surface area contributed by atoms with E-state index in [2.05, 4.69) is 0 Å². The third-order valence-corrected chi connectivity index (χ3v) is 3.03. The van der Waals surface area contributed by atoms with Gasteiger partial charge in [-0.3, -0.25) is 10.1 Å². The van der Waals surface area contributed by atoms with Crippen molar-refractivity contribution in [3.63, 3.8) is 0 Å². The Morgan fingerprint density at radius 3 is 2.00 bits per heavy atom. The summed E-state index contributed by atoms with van der Waals surface area (Å²) in [4.78, 5) is 8.99. The van der Waals surface area contributed by atoms with Crippen LogP contribution in [0, 0.1) is 10.1 Å². The van der Waals surface area contributed by atoms with E-state index in [9.17, 15) is 23.3 Å². The molecule has 0 aliphatic heterocycles. The lowest BCUT2D eigenvalue weighted by Crippen LogP contribution is -2.12. The molecule has 0 amide bonds. The molecule has 3 nitrogen and oxygen atoms in total. The molecule has 0 atom stereocenters. The zero-order chi connectivity index (χ0) is 14.1. The van der Waals surface area contributed by atoms with Crippen molar-refractivity contribution in [3.05, 3.63) is 49.1 Å². The van der Waals surface area contributed by atoms with Gasteiger partial charge < -0.3 is 0 Å². The van der Waals surface area contributed by atoms with Crippen LogP contribution in [0.15, 0.2) is 18.3 Å². The van der Waals surface area contributed by atoms with Crippen LogP contribution in [0.1, 0.15) is 5.56 Å². The van der Waals surface area contributed by atoms with Gasteiger partial charge in [-0.05, 0) is 17.7 Å². The fraction of sp³-hybridized carbons (Fsp3) is 0.111. The van der Waals surface area contributed by atoms with Crippen molar-refractivity contribution in [2.75, 3.05) is 0 Å². The molecule has 0 saturated carbocycles. The van der Waals surface area contributed by atoms with Crippen molar-refractivity contribution < 1.29 is 18.1 Å². The van der Waals surface area contributed by atoms with E-state index in [1.807, 2.05) is 0 Å². The summed E-state index contributed by atoms with van der Waals surface area (Å²) < 4.78 is 37.9. The molecule has 0 aliphatic carbocycles. The van der Waals surface area contributed by atoms with Crippen molar-refractivity contribution in [1.82, 2.24) is 0 Å². The smallest absolute Gasteiger partial charge is 0.259 e. The monoisotopic (exact) mass is 319 g/mol. The van der Waals surface area contributed by atoms with E-state index in [-0.39, 0.29) is 21.3 Å². The molecule has 9 heteroatoms. The standard InChI is InChI=1S/C9H3Cl3F3NO2/c10-6-1-4(2-7(11)8(6)12)5(3-16(17)18)9(13,14)15/h1-3H/b5-3-. The number of hydrogen-bond donors (Lipinski definition) is 0. The number of halogens is 6. The maximum Gasteiger partial charge on any atom is 0.422 e. The fourth-order valence-corrected chi connectivity index (χ4v) is 1.72. The minimum atomic E-state index is -4.91. The Balaban J connectivity index is 3.45. The zero-order valence-corrected chi connectivity index (χ0v) is 10.5. The molecule has 0 unspecified atom stereocenters. The molecule has 98 valence electrons. The summed E-state index contributed by atoms with van der Waals surface area (Å²) in [6, 6.07) is 1.72. The van der Waals surface area contributed by atoms with Crippen LogP contribution in [0.2, 0.25) is 15.1 Å².